The minimum absolute atomic E-state index is 0.335. The van der Waals surface area contributed by atoms with Crippen LogP contribution in [0.25, 0.3) is 6.08 Å². The van der Waals surface area contributed by atoms with E-state index in [9.17, 15) is 9.59 Å². The minimum atomic E-state index is -0.468. The van der Waals surface area contributed by atoms with Crippen LogP contribution in [0.3, 0.4) is 0 Å². The van der Waals surface area contributed by atoms with Gasteiger partial charge in [-0.25, -0.2) is 9.59 Å². The highest BCUT2D eigenvalue weighted by Gasteiger charge is 2.16. The molecular weight excluding hydrogens is 423 g/mol. The number of methoxy groups -OCH3 is 2. The van der Waals surface area contributed by atoms with Crippen LogP contribution < -0.4 is 9.47 Å². The highest BCUT2D eigenvalue weighted by molar-refractivity contribution is 14.1. The van der Waals surface area contributed by atoms with Crippen LogP contribution in [0.4, 0.5) is 0 Å². The van der Waals surface area contributed by atoms with Gasteiger partial charge in [0.05, 0.1) is 23.4 Å². The molecule has 0 aliphatic rings. The predicted molar refractivity (Wildman–Crippen MR) is 98.2 cm³/mol. The molecule has 0 aromatic heterocycles. The van der Waals surface area contributed by atoms with Crippen LogP contribution in [-0.4, -0.2) is 26.2 Å². The average molecular weight is 438 g/mol. The van der Waals surface area contributed by atoms with E-state index >= 15 is 0 Å². The van der Waals surface area contributed by atoms with Gasteiger partial charge in [0.2, 0.25) is 0 Å². The molecule has 0 heterocycles. The Morgan fingerprint density at radius 3 is 2.42 bits per heavy atom. The van der Waals surface area contributed by atoms with E-state index < -0.39 is 11.9 Å². The lowest BCUT2D eigenvalue weighted by Crippen LogP contribution is -2.10. The van der Waals surface area contributed by atoms with Crippen LogP contribution in [0.5, 0.6) is 11.5 Å². The standard InChI is InChI=1S/C18H15IO5/c1-22-15-11-12(8-9-16(20)23-2)10-14(19)17(15)24-18(21)13-6-4-3-5-7-13/h3-11H,1-2H3/b9-8+. The smallest absolute Gasteiger partial charge is 0.343 e. The third-order valence-electron chi connectivity index (χ3n) is 3.07. The van der Waals surface area contributed by atoms with Crippen molar-refractivity contribution in [1.82, 2.24) is 0 Å². The third kappa shape index (κ3) is 4.58. The molecule has 0 aliphatic heterocycles. The molecule has 5 nitrogen and oxygen atoms in total. The fourth-order valence-corrected chi connectivity index (χ4v) is 2.63. The third-order valence-corrected chi connectivity index (χ3v) is 3.87. The van der Waals surface area contributed by atoms with Gasteiger partial charge in [-0.3, -0.25) is 0 Å². The van der Waals surface area contributed by atoms with E-state index in [1.807, 2.05) is 28.7 Å². The minimum Gasteiger partial charge on any atom is -0.493 e. The van der Waals surface area contributed by atoms with Crippen molar-refractivity contribution < 1.29 is 23.8 Å². The highest BCUT2D eigenvalue weighted by Crippen LogP contribution is 2.35. The number of halogens is 1. The number of rotatable bonds is 5. The molecule has 0 radical (unpaired) electrons. The molecule has 0 spiro atoms. The Morgan fingerprint density at radius 2 is 1.79 bits per heavy atom. The Labute approximate surface area is 153 Å². The van der Waals surface area contributed by atoms with Gasteiger partial charge in [-0.15, -0.1) is 0 Å². The lowest BCUT2D eigenvalue weighted by atomic mass is 10.2. The van der Waals surface area contributed by atoms with Crippen molar-refractivity contribution in [3.05, 3.63) is 63.2 Å². The molecule has 2 rings (SSSR count). The van der Waals surface area contributed by atoms with Crippen molar-refractivity contribution >= 4 is 40.6 Å². The largest absolute Gasteiger partial charge is 0.493 e. The van der Waals surface area contributed by atoms with Gasteiger partial charge in [0.15, 0.2) is 11.5 Å². The maximum atomic E-state index is 12.2. The molecule has 0 saturated heterocycles. The lowest BCUT2D eigenvalue weighted by molar-refractivity contribution is -0.134. The van der Waals surface area contributed by atoms with Gasteiger partial charge in [-0.2, -0.15) is 0 Å². The van der Waals surface area contributed by atoms with Gasteiger partial charge in [-0.05, 0) is 58.5 Å². The Morgan fingerprint density at radius 1 is 1.08 bits per heavy atom. The Hall–Kier alpha value is -2.35. The second-order valence-electron chi connectivity index (χ2n) is 4.65. The molecule has 2 aromatic rings. The molecular formula is C18H15IO5. The molecule has 0 aliphatic carbocycles. The summed E-state index contributed by atoms with van der Waals surface area (Å²) in [7, 11) is 2.79. The van der Waals surface area contributed by atoms with E-state index in [4.69, 9.17) is 9.47 Å². The molecule has 124 valence electrons. The molecule has 0 amide bonds. The number of benzene rings is 2. The summed E-state index contributed by atoms with van der Waals surface area (Å²) in [6, 6.07) is 12.2. The van der Waals surface area contributed by atoms with Gasteiger partial charge in [0, 0.05) is 6.08 Å². The molecule has 0 N–H and O–H groups in total. The molecule has 0 unspecified atom stereocenters. The molecule has 0 atom stereocenters. The van der Waals surface area contributed by atoms with Crippen LogP contribution in [0.15, 0.2) is 48.5 Å². The maximum Gasteiger partial charge on any atom is 0.343 e. The highest BCUT2D eigenvalue weighted by atomic mass is 127. The number of ether oxygens (including phenoxy) is 3. The first kappa shape index (κ1) is 18.0. The SMILES string of the molecule is COC(=O)/C=C/c1cc(I)c(OC(=O)c2ccccc2)c(OC)c1. The fraction of sp³-hybridized carbons (Fsp3) is 0.111. The van der Waals surface area contributed by atoms with E-state index in [-0.39, 0.29) is 0 Å². The average Bonchev–Trinajstić information content (AvgIpc) is 2.61. The van der Waals surface area contributed by atoms with E-state index in [2.05, 4.69) is 4.74 Å². The first-order valence-electron chi connectivity index (χ1n) is 6.96. The first-order chi connectivity index (χ1) is 11.5. The Kier molecular flexibility index (Phi) is 6.36. The van der Waals surface area contributed by atoms with E-state index in [0.717, 1.165) is 5.56 Å². The topological polar surface area (TPSA) is 61.8 Å². The summed E-state index contributed by atoms with van der Waals surface area (Å²) < 4.78 is 16.0. The monoisotopic (exact) mass is 438 g/mol. The summed E-state index contributed by atoms with van der Waals surface area (Å²) in [4.78, 5) is 23.4. The van der Waals surface area contributed by atoms with E-state index in [0.29, 0.717) is 20.6 Å². The molecule has 0 fully saturated rings. The fourth-order valence-electron chi connectivity index (χ4n) is 1.89. The summed E-state index contributed by atoms with van der Waals surface area (Å²) in [5, 5.41) is 0. The maximum absolute atomic E-state index is 12.2. The van der Waals surface area contributed by atoms with Crippen molar-refractivity contribution in [3.63, 3.8) is 0 Å². The van der Waals surface area contributed by atoms with E-state index in [1.54, 1.807) is 42.5 Å². The second kappa shape index (κ2) is 8.49. The summed E-state index contributed by atoms with van der Waals surface area (Å²) in [5.74, 6) is -0.189. The summed E-state index contributed by atoms with van der Waals surface area (Å²) in [6.45, 7) is 0. The van der Waals surface area contributed by atoms with Gasteiger partial charge in [0.1, 0.15) is 0 Å². The molecule has 0 bridgehead atoms. The van der Waals surface area contributed by atoms with Crippen LogP contribution in [-0.2, 0) is 9.53 Å². The van der Waals surface area contributed by atoms with Crippen LogP contribution in [0.2, 0.25) is 0 Å². The van der Waals surface area contributed by atoms with Gasteiger partial charge in [0.25, 0.3) is 0 Å². The summed E-state index contributed by atoms with van der Waals surface area (Å²) in [5.41, 5.74) is 1.17. The second-order valence-corrected chi connectivity index (χ2v) is 5.81. The van der Waals surface area contributed by atoms with Crippen LogP contribution in [0, 0.1) is 3.57 Å². The van der Waals surface area contributed by atoms with Crippen molar-refractivity contribution in [3.8, 4) is 11.5 Å². The zero-order valence-corrected chi connectivity index (χ0v) is 15.3. The Balaban J connectivity index is 2.29. The Bertz CT molecular complexity index is 768. The summed E-state index contributed by atoms with van der Waals surface area (Å²) in [6.07, 6.45) is 2.90. The number of carbonyl (C=O) groups is 2. The number of carbonyl (C=O) groups excluding carboxylic acids is 2. The van der Waals surface area contributed by atoms with E-state index in [1.165, 1.54) is 20.3 Å². The predicted octanol–water partition coefficient (Wildman–Crippen LogP) is 3.71. The van der Waals surface area contributed by atoms with Gasteiger partial charge in [-0.1, -0.05) is 18.2 Å². The van der Waals surface area contributed by atoms with Crippen molar-refractivity contribution in [1.29, 1.82) is 0 Å². The zero-order chi connectivity index (χ0) is 17.5. The van der Waals surface area contributed by atoms with Gasteiger partial charge < -0.3 is 14.2 Å². The van der Waals surface area contributed by atoms with Crippen LogP contribution in [0.1, 0.15) is 15.9 Å². The molecule has 2 aromatic carbocycles. The van der Waals surface area contributed by atoms with Crippen LogP contribution >= 0.6 is 22.6 Å². The quantitative estimate of drug-likeness (QED) is 0.309. The first-order valence-corrected chi connectivity index (χ1v) is 8.04. The van der Waals surface area contributed by atoms with Gasteiger partial charge >= 0.3 is 11.9 Å². The molecule has 24 heavy (non-hydrogen) atoms. The molecule has 0 saturated carbocycles. The molecule has 6 heteroatoms. The zero-order valence-electron chi connectivity index (χ0n) is 13.1. The number of hydrogen-bond donors (Lipinski definition) is 0. The summed E-state index contributed by atoms with van der Waals surface area (Å²) >= 11 is 2.05. The van der Waals surface area contributed by atoms with Crippen molar-refractivity contribution in [2.45, 2.75) is 0 Å². The lowest BCUT2D eigenvalue weighted by Gasteiger charge is -2.12. The normalized spacial score (nSPS) is 10.5. The van der Waals surface area contributed by atoms with Crippen molar-refractivity contribution in [2.75, 3.05) is 14.2 Å². The van der Waals surface area contributed by atoms with Crippen molar-refractivity contribution in [2.24, 2.45) is 0 Å². The number of hydrogen-bond acceptors (Lipinski definition) is 5. The number of esters is 2.